The molecular formula is C12H9BrO2. The van der Waals surface area contributed by atoms with Gasteiger partial charge in [0.25, 0.3) is 0 Å². The summed E-state index contributed by atoms with van der Waals surface area (Å²) in [6.07, 6.45) is 2.96. The number of hydrogen-bond donors (Lipinski definition) is 0. The molecule has 1 heterocycles. The lowest BCUT2D eigenvalue weighted by Crippen LogP contribution is -2.01. The molecule has 76 valence electrons. The Hall–Kier alpha value is -1.35. The average molecular weight is 265 g/mol. The second-order valence-electron chi connectivity index (χ2n) is 3.30. The molecule has 0 aliphatic carbocycles. The van der Waals surface area contributed by atoms with Crippen molar-refractivity contribution in [1.29, 1.82) is 0 Å². The van der Waals surface area contributed by atoms with Crippen molar-refractivity contribution in [2.24, 2.45) is 0 Å². The highest BCUT2D eigenvalue weighted by Gasteiger charge is 2.12. The molecule has 1 aromatic carbocycles. The standard InChI is InChI=1S/C12H9BrO2/c1-8-6-10(13)2-3-11(8)12(14)9-4-5-15-7-9/h2-7H,1H3. The Labute approximate surface area is 96.0 Å². The highest BCUT2D eigenvalue weighted by molar-refractivity contribution is 9.10. The van der Waals surface area contributed by atoms with Gasteiger partial charge in [-0.1, -0.05) is 15.9 Å². The monoisotopic (exact) mass is 264 g/mol. The number of furan rings is 1. The summed E-state index contributed by atoms with van der Waals surface area (Å²) in [7, 11) is 0. The Morgan fingerprint density at radius 3 is 2.73 bits per heavy atom. The average Bonchev–Trinajstić information content (AvgIpc) is 2.69. The van der Waals surface area contributed by atoms with Crippen molar-refractivity contribution in [2.75, 3.05) is 0 Å². The smallest absolute Gasteiger partial charge is 0.196 e. The van der Waals surface area contributed by atoms with Crippen LogP contribution in [-0.2, 0) is 0 Å². The van der Waals surface area contributed by atoms with Crippen LogP contribution in [-0.4, -0.2) is 5.78 Å². The van der Waals surface area contributed by atoms with Gasteiger partial charge in [-0.25, -0.2) is 0 Å². The van der Waals surface area contributed by atoms with Gasteiger partial charge >= 0.3 is 0 Å². The van der Waals surface area contributed by atoms with Crippen molar-refractivity contribution in [3.05, 3.63) is 58.0 Å². The van der Waals surface area contributed by atoms with Crippen molar-refractivity contribution in [3.8, 4) is 0 Å². The maximum Gasteiger partial charge on any atom is 0.196 e. The van der Waals surface area contributed by atoms with E-state index in [2.05, 4.69) is 15.9 Å². The van der Waals surface area contributed by atoms with Gasteiger partial charge in [0, 0.05) is 10.0 Å². The number of ketones is 1. The first-order valence-corrected chi connectivity index (χ1v) is 5.31. The lowest BCUT2D eigenvalue weighted by atomic mass is 10.0. The molecule has 0 unspecified atom stereocenters. The summed E-state index contributed by atoms with van der Waals surface area (Å²) in [6.45, 7) is 1.91. The molecule has 15 heavy (non-hydrogen) atoms. The lowest BCUT2D eigenvalue weighted by Gasteiger charge is -2.03. The summed E-state index contributed by atoms with van der Waals surface area (Å²) < 4.78 is 5.87. The van der Waals surface area contributed by atoms with Gasteiger partial charge in [0.05, 0.1) is 11.8 Å². The van der Waals surface area contributed by atoms with E-state index in [1.165, 1.54) is 12.5 Å². The predicted molar refractivity (Wildman–Crippen MR) is 61.0 cm³/mol. The molecule has 0 amide bonds. The molecule has 0 saturated carbocycles. The fraction of sp³-hybridized carbons (Fsp3) is 0.0833. The summed E-state index contributed by atoms with van der Waals surface area (Å²) in [4.78, 5) is 12.0. The zero-order chi connectivity index (χ0) is 10.8. The number of carbonyl (C=O) groups excluding carboxylic acids is 1. The normalized spacial score (nSPS) is 10.3. The third kappa shape index (κ3) is 2.02. The van der Waals surface area contributed by atoms with Crippen molar-refractivity contribution in [1.82, 2.24) is 0 Å². The van der Waals surface area contributed by atoms with Crippen LogP contribution in [0.3, 0.4) is 0 Å². The van der Waals surface area contributed by atoms with Crippen molar-refractivity contribution < 1.29 is 9.21 Å². The molecule has 0 fully saturated rings. The molecule has 0 atom stereocenters. The quantitative estimate of drug-likeness (QED) is 0.777. The molecule has 1 aromatic heterocycles. The van der Waals surface area contributed by atoms with E-state index in [1.807, 2.05) is 25.1 Å². The molecule has 0 N–H and O–H groups in total. The Bertz CT molecular complexity index is 486. The molecule has 0 bridgehead atoms. The fourth-order valence-corrected chi connectivity index (χ4v) is 1.91. The Morgan fingerprint density at radius 1 is 1.33 bits per heavy atom. The number of hydrogen-bond acceptors (Lipinski definition) is 2. The van der Waals surface area contributed by atoms with Crippen LogP contribution >= 0.6 is 15.9 Å². The van der Waals surface area contributed by atoms with E-state index in [4.69, 9.17) is 4.42 Å². The second-order valence-corrected chi connectivity index (χ2v) is 4.22. The van der Waals surface area contributed by atoms with Crippen LogP contribution in [0.25, 0.3) is 0 Å². The topological polar surface area (TPSA) is 30.2 Å². The summed E-state index contributed by atoms with van der Waals surface area (Å²) in [5.74, 6) is -0.00579. The van der Waals surface area contributed by atoms with Crippen molar-refractivity contribution in [2.45, 2.75) is 6.92 Å². The minimum Gasteiger partial charge on any atom is -0.472 e. The van der Waals surface area contributed by atoms with Gasteiger partial charge in [-0.05, 0) is 36.8 Å². The molecule has 0 aliphatic heterocycles. The second kappa shape index (κ2) is 4.03. The number of halogens is 1. The highest BCUT2D eigenvalue weighted by Crippen LogP contribution is 2.19. The molecular weight excluding hydrogens is 256 g/mol. The maximum atomic E-state index is 12.0. The van der Waals surface area contributed by atoms with E-state index in [9.17, 15) is 4.79 Å². The SMILES string of the molecule is Cc1cc(Br)ccc1C(=O)c1ccoc1. The number of carbonyl (C=O) groups is 1. The Kier molecular flexibility index (Phi) is 2.73. The Balaban J connectivity index is 2.42. The fourth-order valence-electron chi connectivity index (χ4n) is 1.43. The molecule has 2 nitrogen and oxygen atoms in total. The summed E-state index contributed by atoms with van der Waals surface area (Å²) in [5.41, 5.74) is 2.25. The van der Waals surface area contributed by atoms with Crippen molar-refractivity contribution >= 4 is 21.7 Å². The van der Waals surface area contributed by atoms with E-state index < -0.39 is 0 Å². The van der Waals surface area contributed by atoms with E-state index >= 15 is 0 Å². The molecule has 2 aromatic rings. The number of aryl methyl sites for hydroxylation is 1. The zero-order valence-electron chi connectivity index (χ0n) is 8.16. The predicted octanol–water partition coefficient (Wildman–Crippen LogP) is 3.58. The Morgan fingerprint density at radius 2 is 2.13 bits per heavy atom. The minimum absolute atomic E-state index is 0.00579. The molecule has 2 rings (SSSR count). The van der Waals surface area contributed by atoms with Gasteiger partial charge in [-0.15, -0.1) is 0 Å². The molecule has 0 aliphatic rings. The van der Waals surface area contributed by atoms with E-state index in [0.717, 1.165) is 10.0 Å². The lowest BCUT2D eigenvalue weighted by molar-refractivity contribution is 0.103. The maximum absolute atomic E-state index is 12.0. The van der Waals surface area contributed by atoms with Crippen LogP contribution in [0.2, 0.25) is 0 Å². The van der Waals surface area contributed by atoms with Gasteiger partial charge in [-0.3, -0.25) is 4.79 Å². The summed E-state index contributed by atoms with van der Waals surface area (Å²) >= 11 is 3.36. The van der Waals surface area contributed by atoms with Gasteiger partial charge in [-0.2, -0.15) is 0 Å². The first-order valence-electron chi connectivity index (χ1n) is 4.51. The highest BCUT2D eigenvalue weighted by atomic mass is 79.9. The molecule has 0 radical (unpaired) electrons. The van der Waals surface area contributed by atoms with Crippen LogP contribution in [0.15, 0.2) is 45.7 Å². The first-order chi connectivity index (χ1) is 7.18. The van der Waals surface area contributed by atoms with Crippen LogP contribution in [0, 0.1) is 6.92 Å². The summed E-state index contributed by atoms with van der Waals surface area (Å²) in [6, 6.07) is 7.27. The van der Waals surface area contributed by atoms with E-state index in [-0.39, 0.29) is 5.78 Å². The zero-order valence-corrected chi connectivity index (χ0v) is 9.74. The molecule has 3 heteroatoms. The number of rotatable bonds is 2. The third-order valence-corrected chi connectivity index (χ3v) is 2.71. The molecule has 0 saturated heterocycles. The number of benzene rings is 1. The van der Waals surface area contributed by atoms with Gasteiger partial charge in [0.2, 0.25) is 0 Å². The minimum atomic E-state index is -0.00579. The van der Waals surface area contributed by atoms with Crippen LogP contribution in [0.4, 0.5) is 0 Å². The van der Waals surface area contributed by atoms with Crippen molar-refractivity contribution in [3.63, 3.8) is 0 Å². The summed E-state index contributed by atoms with van der Waals surface area (Å²) in [5, 5.41) is 0. The third-order valence-electron chi connectivity index (χ3n) is 2.22. The largest absolute Gasteiger partial charge is 0.472 e. The molecule has 0 spiro atoms. The van der Waals surface area contributed by atoms with Gasteiger partial charge in [0.15, 0.2) is 5.78 Å². The van der Waals surface area contributed by atoms with E-state index in [0.29, 0.717) is 11.1 Å². The van der Waals surface area contributed by atoms with Crippen LogP contribution in [0.1, 0.15) is 21.5 Å². The van der Waals surface area contributed by atoms with Crippen LogP contribution in [0.5, 0.6) is 0 Å². The van der Waals surface area contributed by atoms with Crippen LogP contribution < -0.4 is 0 Å². The van der Waals surface area contributed by atoms with Gasteiger partial charge < -0.3 is 4.42 Å². The first kappa shape index (κ1) is 10.2. The van der Waals surface area contributed by atoms with E-state index in [1.54, 1.807) is 6.07 Å². The van der Waals surface area contributed by atoms with Gasteiger partial charge in [0.1, 0.15) is 6.26 Å².